The SMILES string of the molecule is COc1ncc2c(N3CCC4(CC3)NO4)cccc2n1. The van der Waals surface area contributed by atoms with Crippen molar-refractivity contribution in [2.45, 2.75) is 18.6 Å². The minimum Gasteiger partial charge on any atom is -0.467 e. The van der Waals surface area contributed by atoms with Gasteiger partial charge < -0.3 is 9.64 Å². The van der Waals surface area contributed by atoms with Crippen molar-refractivity contribution < 1.29 is 9.57 Å². The lowest BCUT2D eigenvalue weighted by molar-refractivity contribution is 0.253. The average Bonchev–Trinajstić information content (AvgIpc) is 3.26. The van der Waals surface area contributed by atoms with Crippen LogP contribution in [-0.2, 0) is 4.84 Å². The van der Waals surface area contributed by atoms with Crippen molar-refractivity contribution >= 4 is 16.6 Å². The number of hydrogen-bond donors (Lipinski definition) is 1. The molecular weight excluding hydrogens is 256 g/mol. The molecule has 0 amide bonds. The van der Waals surface area contributed by atoms with Crippen molar-refractivity contribution in [3.05, 3.63) is 24.4 Å². The summed E-state index contributed by atoms with van der Waals surface area (Å²) in [5.41, 5.74) is 5.06. The molecule has 104 valence electrons. The molecule has 0 atom stereocenters. The molecule has 0 aliphatic carbocycles. The first-order valence-corrected chi connectivity index (χ1v) is 6.80. The van der Waals surface area contributed by atoms with E-state index in [1.807, 2.05) is 18.3 Å². The zero-order chi connectivity index (χ0) is 13.6. The molecule has 0 radical (unpaired) electrons. The van der Waals surface area contributed by atoms with E-state index in [9.17, 15) is 0 Å². The number of nitrogens with zero attached hydrogens (tertiary/aromatic N) is 3. The third-order valence-corrected chi connectivity index (χ3v) is 4.07. The minimum atomic E-state index is -0.0409. The third-order valence-electron chi connectivity index (χ3n) is 4.07. The van der Waals surface area contributed by atoms with Crippen molar-refractivity contribution in [3.8, 4) is 6.01 Å². The summed E-state index contributed by atoms with van der Waals surface area (Å²) in [5.74, 6) is 0. The fourth-order valence-corrected chi connectivity index (χ4v) is 2.78. The predicted octanol–water partition coefficient (Wildman–Crippen LogP) is 1.47. The normalized spacial score (nSPS) is 20.4. The van der Waals surface area contributed by atoms with Crippen molar-refractivity contribution in [2.75, 3.05) is 25.1 Å². The van der Waals surface area contributed by atoms with Crippen LogP contribution in [0.2, 0.25) is 0 Å². The first kappa shape index (κ1) is 11.9. The third kappa shape index (κ3) is 1.88. The summed E-state index contributed by atoms with van der Waals surface area (Å²) in [6.45, 7) is 1.94. The standard InChI is InChI=1S/C14H16N4O2/c1-19-13-15-9-10-11(16-13)3-2-4-12(10)18-7-5-14(6-8-18)17-20-14/h2-4,9,17H,5-8H2,1H3. The number of piperidine rings is 1. The van der Waals surface area contributed by atoms with Gasteiger partial charge in [0.15, 0.2) is 5.72 Å². The topological polar surface area (TPSA) is 72.7 Å². The van der Waals surface area contributed by atoms with Crippen molar-refractivity contribution in [1.29, 1.82) is 0 Å². The highest BCUT2D eigenvalue weighted by molar-refractivity contribution is 5.91. The predicted molar refractivity (Wildman–Crippen MR) is 74.5 cm³/mol. The van der Waals surface area contributed by atoms with Crippen LogP contribution in [0.4, 0.5) is 5.69 Å². The molecule has 4 rings (SSSR count). The Kier molecular flexibility index (Phi) is 2.55. The van der Waals surface area contributed by atoms with Gasteiger partial charge in [-0.1, -0.05) is 6.07 Å². The summed E-state index contributed by atoms with van der Waals surface area (Å²) >= 11 is 0. The van der Waals surface area contributed by atoms with Crippen molar-refractivity contribution in [2.24, 2.45) is 0 Å². The molecule has 3 heterocycles. The maximum atomic E-state index is 5.32. The maximum Gasteiger partial charge on any atom is 0.316 e. The highest BCUT2D eigenvalue weighted by Gasteiger charge is 2.47. The number of aromatic nitrogens is 2. The molecule has 2 saturated heterocycles. The first-order chi connectivity index (χ1) is 9.80. The molecule has 2 fully saturated rings. The number of rotatable bonds is 2. The Balaban J connectivity index is 1.68. The molecule has 1 aromatic heterocycles. The average molecular weight is 272 g/mol. The second kappa shape index (κ2) is 4.29. The summed E-state index contributed by atoms with van der Waals surface area (Å²) in [6, 6.07) is 6.54. The van der Waals surface area contributed by atoms with E-state index in [1.54, 1.807) is 7.11 Å². The first-order valence-electron chi connectivity index (χ1n) is 6.80. The largest absolute Gasteiger partial charge is 0.467 e. The number of benzene rings is 1. The monoisotopic (exact) mass is 272 g/mol. The smallest absolute Gasteiger partial charge is 0.316 e. The van der Waals surface area contributed by atoms with E-state index in [0.717, 1.165) is 36.8 Å². The number of nitrogens with one attached hydrogen (secondary N) is 1. The van der Waals surface area contributed by atoms with Crippen LogP contribution in [0, 0.1) is 0 Å². The van der Waals surface area contributed by atoms with E-state index in [1.165, 1.54) is 5.69 Å². The molecule has 0 saturated carbocycles. The van der Waals surface area contributed by atoms with Crippen LogP contribution in [0.1, 0.15) is 12.8 Å². The highest BCUT2D eigenvalue weighted by Crippen LogP contribution is 2.35. The van der Waals surface area contributed by atoms with Gasteiger partial charge >= 0.3 is 6.01 Å². The van der Waals surface area contributed by atoms with Crippen LogP contribution >= 0.6 is 0 Å². The number of methoxy groups -OCH3 is 1. The van der Waals surface area contributed by atoms with Crippen LogP contribution in [0.25, 0.3) is 10.9 Å². The van der Waals surface area contributed by atoms with Gasteiger partial charge in [0.05, 0.1) is 12.6 Å². The van der Waals surface area contributed by atoms with E-state index in [-0.39, 0.29) is 5.72 Å². The second-order valence-electron chi connectivity index (χ2n) is 5.25. The van der Waals surface area contributed by atoms with Crippen LogP contribution in [0.15, 0.2) is 24.4 Å². The Morgan fingerprint density at radius 2 is 2.15 bits per heavy atom. The van der Waals surface area contributed by atoms with Gasteiger partial charge in [-0.3, -0.25) is 4.84 Å². The highest BCUT2D eigenvalue weighted by atomic mass is 16.8. The van der Waals surface area contributed by atoms with Gasteiger partial charge in [0, 0.05) is 43.2 Å². The molecule has 2 aromatic rings. The minimum absolute atomic E-state index is 0.0409. The molecule has 0 bridgehead atoms. The zero-order valence-electron chi connectivity index (χ0n) is 11.3. The molecule has 2 aliphatic heterocycles. The molecule has 0 unspecified atom stereocenters. The van der Waals surface area contributed by atoms with E-state index < -0.39 is 0 Å². The summed E-state index contributed by atoms with van der Waals surface area (Å²) in [5, 5.41) is 1.06. The number of fused-ring (bicyclic) bond motifs is 1. The molecule has 20 heavy (non-hydrogen) atoms. The summed E-state index contributed by atoms with van der Waals surface area (Å²) in [6.07, 6.45) is 3.84. The van der Waals surface area contributed by atoms with Crippen LogP contribution in [0.5, 0.6) is 6.01 Å². The second-order valence-corrected chi connectivity index (χ2v) is 5.25. The molecule has 1 spiro atoms. The number of anilines is 1. The molecule has 2 aliphatic rings. The summed E-state index contributed by atoms with van der Waals surface area (Å²) in [7, 11) is 1.58. The van der Waals surface area contributed by atoms with Crippen LogP contribution < -0.4 is 15.1 Å². The van der Waals surface area contributed by atoms with E-state index >= 15 is 0 Å². The summed E-state index contributed by atoms with van der Waals surface area (Å²) < 4.78 is 5.08. The number of hydrogen-bond acceptors (Lipinski definition) is 6. The molecule has 6 nitrogen and oxygen atoms in total. The summed E-state index contributed by atoms with van der Waals surface area (Å²) in [4.78, 5) is 16.3. The quantitative estimate of drug-likeness (QED) is 0.835. The molecule has 1 aromatic carbocycles. The van der Waals surface area contributed by atoms with Crippen LogP contribution in [0.3, 0.4) is 0 Å². The Hall–Kier alpha value is -1.92. The lowest BCUT2D eigenvalue weighted by Crippen LogP contribution is -2.39. The zero-order valence-corrected chi connectivity index (χ0v) is 11.3. The molecular formula is C14H16N4O2. The molecule has 1 N–H and O–H groups in total. The fourth-order valence-electron chi connectivity index (χ4n) is 2.78. The number of ether oxygens (including phenoxy) is 1. The van der Waals surface area contributed by atoms with Gasteiger partial charge in [0.25, 0.3) is 0 Å². The van der Waals surface area contributed by atoms with Crippen molar-refractivity contribution in [1.82, 2.24) is 15.4 Å². The van der Waals surface area contributed by atoms with Gasteiger partial charge in [-0.25, -0.2) is 4.98 Å². The Bertz CT molecular complexity index is 647. The Labute approximate surface area is 116 Å². The Morgan fingerprint density at radius 3 is 2.85 bits per heavy atom. The van der Waals surface area contributed by atoms with Crippen molar-refractivity contribution in [3.63, 3.8) is 0 Å². The van der Waals surface area contributed by atoms with Gasteiger partial charge in [-0.15, -0.1) is 0 Å². The maximum absolute atomic E-state index is 5.32. The lowest BCUT2D eigenvalue weighted by Gasteiger charge is -2.31. The van der Waals surface area contributed by atoms with E-state index in [0.29, 0.717) is 6.01 Å². The van der Waals surface area contributed by atoms with Gasteiger partial charge in [-0.05, 0) is 12.1 Å². The molecule has 6 heteroatoms. The number of hydroxylamine groups is 1. The fraction of sp³-hybridized carbons (Fsp3) is 0.429. The van der Waals surface area contributed by atoms with E-state index in [2.05, 4.69) is 26.4 Å². The van der Waals surface area contributed by atoms with Gasteiger partial charge in [0.2, 0.25) is 0 Å². The van der Waals surface area contributed by atoms with Crippen LogP contribution in [-0.4, -0.2) is 35.9 Å². The van der Waals surface area contributed by atoms with E-state index in [4.69, 9.17) is 9.57 Å². The van der Waals surface area contributed by atoms with Gasteiger partial charge in [0.1, 0.15) is 0 Å². The lowest BCUT2D eigenvalue weighted by atomic mass is 10.0. The van der Waals surface area contributed by atoms with Gasteiger partial charge in [-0.2, -0.15) is 10.5 Å². The Morgan fingerprint density at radius 1 is 1.35 bits per heavy atom.